The standard InChI is InChI=1S/C22H24N2O3S/c1-28(25,26)27-22(19-15-24-21-12-6-4-10-18(19)21)13-7-2-8-16-14-23-20-11-5-3-9-17(16)20/h3-6,9-12,14-15,22-24H,2,7-8,13H2,1H3. The van der Waals surface area contributed by atoms with Crippen LogP contribution in [-0.4, -0.2) is 24.6 Å². The van der Waals surface area contributed by atoms with E-state index in [0.29, 0.717) is 6.42 Å². The van der Waals surface area contributed by atoms with Crippen molar-refractivity contribution in [1.29, 1.82) is 0 Å². The second-order valence-electron chi connectivity index (χ2n) is 7.18. The van der Waals surface area contributed by atoms with Crippen LogP contribution in [0.25, 0.3) is 21.8 Å². The van der Waals surface area contributed by atoms with Crippen molar-refractivity contribution in [3.05, 3.63) is 72.1 Å². The largest absolute Gasteiger partial charge is 0.361 e. The Bertz CT molecular complexity index is 1190. The fourth-order valence-electron chi connectivity index (χ4n) is 3.81. The van der Waals surface area contributed by atoms with Crippen LogP contribution in [0.3, 0.4) is 0 Å². The molecule has 28 heavy (non-hydrogen) atoms. The minimum Gasteiger partial charge on any atom is -0.361 e. The zero-order valence-corrected chi connectivity index (χ0v) is 16.6. The van der Waals surface area contributed by atoms with Crippen LogP contribution < -0.4 is 0 Å². The Morgan fingerprint density at radius 1 is 0.893 bits per heavy atom. The van der Waals surface area contributed by atoms with Crippen LogP contribution >= 0.6 is 0 Å². The third kappa shape index (κ3) is 4.13. The summed E-state index contributed by atoms with van der Waals surface area (Å²) in [7, 11) is -3.55. The van der Waals surface area contributed by atoms with Crippen LogP contribution in [-0.2, 0) is 20.7 Å². The van der Waals surface area contributed by atoms with Crippen LogP contribution in [0, 0.1) is 0 Å². The lowest BCUT2D eigenvalue weighted by Gasteiger charge is -2.16. The van der Waals surface area contributed by atoms with E-state index in [0.717, 1.165) is 47.5 Å². The molecule has 2 N–H and O–H groups in total. The molecule has 1 unspecified atom stereocenters. The first-order valence-electron chi connectivity index (χ1n) is 9.50. The number of nitrogens with one attached hydrogen (secondary N) is 2. The molecule has 4 aromatic rings. The number of rotatable bonds is 8. The van der Waals surface area contributed by atoms with Gasteiger partial charge in [0.15, 0.2) is 0 Å². The number of fused-ring (bicyclic) bond motifs is 2. The Morgan fingerprint density at radius 3 is 2.29 bits per heavy atom. The van der Waals surface area contributed by atoms with Gasteiger partial charge in [0, 0.05) is 39.8 Å². The van der Waals surface area contributed by atoms with Gasteiger partial charge in [-0.1, -0.05) is 42.8 Å². The number of aryl methyl sites for hydroxylation is 1. The summed E-state index contributed by atoms with van der Waals surface area (Å²) in [4.78, 5) is 6.51. The molecule has 6 heteroatoms. The van der Waals surface area contributed by atoms with Crippen molar-refractivity contribution in [1.82, 2.24) is 9.97 Å². The number of unbranched alkanes of at least 4 members (excludes halogenated alkanes) is 1. The van der Waals surface area contributed by atoms with E-state index in [4.69, 9.17) is 4.18 Å². The number of aromatic amines is 2. The van der Waals surface area contributed by atoms with Crippen molar-refractivity contribution in [2.75, 3.05) is 6.26 Å². The van der Waals surface area contributed by atoms with Gasteiger partial charge in [0.25, 0.3) is 10.1 Å². The first kappa shape index (κ1) is 18.8. The van der Waals surface area contributed by atoms with E-state index in [2.05, 4.69) is 28.3 Å². The highest BCUT2D eigenvalue weighted by molar-refractivity contribution is 7.86. The van der Waals surface area contributed by atoms with E-state index >= 15 is 0 Å². The Morgan fingerprint density at radius 2 is 1.54 bits per heavy atom. The molecule has 4 rings (SSSR count). The Kier molecular flexibility index (Phi) is 5.24. The highest BCUT2D eigenvalue weighted by Gasteiger charge is 2.21. The predicted octanol–water partition coefficient (Wildman–Crippen LogP) is 5.08. The lowest BCUT2D eigenvalue weighted by atomic mass is 10.0. The lowest BCUT2D eigenvalue weighted by Crippen LogP contribution is -2.10. The molecule has 0 bridgehead atoms. The van der Waals surface area contributed by atoms with E-state index in [1.165, 1.54) is 10.9 Å². The molecule has 0 amide bonds. The van der Waals surface area contributed by atoms with Crippen molar-refractivity contribution >= 4 is 31.9 Å². The molecule has 2 heterocycles. The maximum atomic E-state index is 11.8. The van der Waals surface area contributed by atoms with E-state index in [1.807, 2.05) is 42.6 Å². The van der Waals surface area contributed by atoms with Crippen molar-refractivity contribution in [2.45, 2.75) is 31.8 Å². The molecule has 0 aliphatic carbocycles. The zero-order chi connectivity index (χ0) is 19.6. The summed E-state index contributed by atoms with van der Waals surface area (Å²) in [5.74, 6) is 0. The van der Waals surface area contributed by atoms with Gasteiger partial charge in [-0.3, -0.25) is 4.18 Å². The summed E-state index contributed by atoms with van der Waals surface area (Å²) in [6, 6.07) is 16.2. The monoisotopic (exact) mass is 396 g/mol. The maximum Gasteiger partial charge on any atom is 0.264 e. The third-order valence-corrected chi connectivity index (χ3v) is 5.68. The smallest absolute Gasteiger partial charge is 0.264 e. The highest BCUT2D eigenvalue weighted by atomic mass is 32.2. The van der Waals surface area contributed by atoms with Gasteiger partial charge in [-0.25, -0.2) is 0 Å². The van der Waals surface area contributed by atoms with Gasteiger partial charge >= 0.3 is 0 Å². The topological polar surface area (TPSA) is 75.0 Å². The zero-order valence-electron chi connectivity index (χ0n) is 15.8. The van der Waals surface area contributed by atoms with E-state index in [9.17, 15) is 8.42 Å². The molecule has 0 saturated heterocycles. The number of para-hydroxylation sites is 2. The molecule has 0 radical (unpaired) electrons. The molecule has 0 saturated carbocycles. The quantitative estimate of drug-likeness (QED) is 0.322. The van der Waals surface area contributed by atoms with Crippen LogP contribution in [0.1, 0.15) is 36.5 Å². The first-order valence-corrected chi connectivity index (χ1v) is 11.3. The number of H-pyrrole nitrogens is 2. The number of hydrogen-bond acceptors (Lipinski definition) is 3. The minimum absolute atomic E-state index is 0.478. The van der Waals surface area contributed by atoms with Gasteiger partial charge in [-0.05, 0) is 37.0 Å². The van der Waals surface area contributed by atoms with Crippen molar-refractivity contribution < 1.29 is 12.6 Å². The SMILES string of the molecule is CS(=O)(=O)OC(CCCCc1c[nH]c2ccccc12)c1c[nH]c2ccccc12. The average molecular weight is 397 g/mol. The van der Waals surface area contributed by atoms with E-state index in [1.54, 1.807) is 0 Å². The Labute approximate surface area is 164 Å². The fourth-order valence-corrected chi connectivity index (χ4v) is 4.43. The molecule has 146 valence electrons. The lowest BCUT2D eigenvalue weighted by molar-refractivity contribution is 0.202. The van der Waals surface area contributed by atoms with Gasteiger partial charge in [0.2, 0.25) is 0 Å². The van der Waals surface area contributed by atoms with Gasteiger partial charge in [0.1, 0.15) is 6.10 Å². The summed E-state index contributed by atoms with van der Waals surface area (Å²) >= 11 is 0. The molecule has 0 fully saturated rings. The number of hydrogen-bond donors (Lipinski definition) is 2. The van der Waals surface area contributed by atoms with Crippen LogP contribution in [0.2, 0.25) is 0 Å². The molecule has 0 aliphatic heterocycles. The summed E-state index contributed by atoms with van der Waals surface area (Å²) in [5, 5.41) is 2.26. The van der Waals surface area contributed by atoms with Crippen LogP contribution in [0.5, 0.6) is 0 Å². The summed E-state index contributed by atoms with van der Waals surface area (Å²) in [5.41, 5.74) is 4.32. The van der Waals surface area contributed by atoms with E-state index < -0.39 is 16.2 Å². The molecular formula is C22H24N2O3S. The van der Waals surface area contributed by atoms with Crippen LogP contribution in [0.4, 0.5) is 0 Å². The minimum atomic E-state index is -3.55. The van der Waals surface area contributed by atoms with Gasteiger partial charge < -0.3 is 9.97 Å². The molecule has 0 aliphatic rings. The van der Waals surface area contributed by atoms with Crippen LogP contribution in [0.15, 0.2) is 60.9 Å². The average Bonchev–Trinajstić information content (AvgIpc) is 3.28. The second kappa shape index (κ2) is 7.81. The van der Waals surface area contributed by atoms with Crippen molar-refractivity contribution in [3.63, 3.8) is 0 Å². The van der Waals surface area contributed by atoms with Crippen molar-refractivity contribution in [2.24, 2.45) is 0 Å². The molecule has 1 atom stereocenters. The summed E-state index contributed by atoms with van der Waals surface area (Å²) in [6.07, 6.45) is 8.00. The summed E-state index contributed by atoms with van der Waals surface area (Å²) < 4.78 is 29.0. The molecule has 5 nitrogen and oxygen atoms in total. The van der Waals surface area contributed by atoms with Gasteiger partial charge in [0.05, 0.1) is 6.26 Å². The molecule has 2 aromatic heterocycles. The number of aromatic nitrogens is 2. The number of benzene rings is 2. The Balaban J connectivity index is 1.46. The van der Waals surface area contributed by atoms with Gasteiger partial charge in [-0.15, -0.1) is 0 Å². The van der Waals surface area contributed by atoms with E-state index in [-0.39, 0.29) is 0 Å². The van der Waals surface area contributed by atoms with Gasteiger partial charge in [-0.2, -0.15) is 8.42 Å². The molecule has 2 aromatic carbocycles. The molecular weight excluding hydrogens is 372 g/mol. The first-order chi connectivity index (χ1) is 13.5. The maximum absolute atomic E-state index is 11.8. The second-order valence-corrected chi connectivity index (χ2v) is 8.78. The normalized spacial score (nSPS) is 13.3. The molecule has 0 spiro atoms. The van der Waals surface area contributed by atoms with Crippen molar-refractivity contribution in [3.8, 4) is 0 Å². The summed E-state index contributed by atoms with van der Waals surface area (Å²) in [6.45, 7) is 0. The Hall–Kier alpha value is -2.57. The fraction of sp³-hybridized carbons (Fsp3) is 0.273. The highest BCUT2D eigenvalue weighted by Crippen LogP contribution is 2.31. The predicted molar refractivity (Wildman–Crippen MR) is 113 cm³/mol. The third-order valence-electron chi connectivity index (χ3n) is 5.10.